The molecule has 1 heterocycles. The Labute approximate surface area is 114 Å². The van der Waals surface area contributed by atoms with Crippen LogP contribution in [0.25, 0.3) is 0 Å². The van der Waals surface area contributed by atoms with Crippen molar-refractivity contribution in [3.05, 3.63) is 29.6 Å². The van der Waals surface area contributed by atoms with Crippen molar-refractivity contribution in [1.82, 2.24) is 4.98 Å². The lowest BCUT2D eigenvalue weighted by atomic mass is 9.91. The fraction of sp³-hybridized carbons (Fsp3) is 0.538. The van der Waals surface area contributed by atoms with Crippen LogP contribution in [0.3, 0.4) is 0 Å². The number of nitrogens with zero attached hydrogens (tertiary/aromatic N) is 1. The molecule has 0 fully saturated rings. The van der Waals surface area contributed by atoms with Crippen molar-refractivity contribution in [2.24, 2.45) is 0 Å². The van der Waals surface area contributed by atoms with E-state index < -0.39 is 30.6 Å². The Morgan fingerprint density at radius 2 is 2.10 bits per heavy atom. The highest BCUT2D eigenvalue weighted by Crippen LogP contribution is 2.36. The van der Waals surface area contributed by atoms with E-state index in [2.05, 4.69) is 9.72 Å². The zero-order valence-corrected chi connectivity index (χ0v) is 11.2. The average Bonchev–Trinajstić information content (AvgIpc) is 2.31. The third-order valence-corrected chi connectivity index (χ3v) is 2.85. The summed E-state index contributed by atoms with van der Waals surface area (Å²) in [5.41, 5.74) is -2.58. The molecule has 4 nitrogen and oxygen atoms in total. The second-order valence-corrected chi connectivity index (χ2v) is 4.45. The van der Waals surface area contributed by atoms with Gasteiger partial charge in [0.2, 0.25) is 0 Å². The molecule has 1 aromatic heterocycles. The fourth-order valence-corrected chi connectivity index (χ4v) is 1.69. The fourth-order valence-electron chi connectivity index (χ4n) is 1.69. The number of carbonyl (C=O) groups is 1. The van der Waals surface area contributed by atoms with Gasteiger partial charge in [-0.2, -0.15) is 13.2 Å². The van der Waals surface area contributed by atoms with Crippen LogP contribution < -0.4 is 0 Å². The Bertz CT molecular complexity index is 476. The lowest BCUT2D eigenvalue weighted by molar-refractivity contribution is -0.263. The molecule has 0 saturated heterocycles. The summed E-state index contributed by atoms with van der Waals surface area (Å²) in [6, 6.07) is 3.17. The number of aryl methyl sites for hydroxylation is 1. The van der Waals surface area contributed by atoms with E-state index in [0.29, 0.717) is 5.56 Å². The van der Waals surface area contributed by atoms with Crippen LogP contribution in [0.2, 0.25) is 0 Å². The molecule has 1 atom stereocenters. The quantitative estimate of drug-likeness (QED) is 0.845. The largest absolute Gasteiger partial charge is 0.466 e. The van der Waals surface area contributed by atoms with Gasteiger partial charge in [0.15, 0.2) is 5.60 Å². The van der Waals surface area contributed by atoms with Gasteiger partial charge in [0, 0.05) is 18.3 Å². The lowest BCUT2D eigenvalue weighted by Crippen LogP contribution is -2.49. The normalized spacial score (nSPS) is 14.7. The van der Waals surface area contributed by atoms with Crippen molar-refractivity contribution < 1.29 is 27.8 Å². The number of hydrogen-bond acceptors (Lipinski definition) is 4. The second kappa shape index (κ2) is 6.21. The number of ether oxygens (including phenoxy) is 1. The van der Waals surface area contributed by atoms with Gasteiger partial charge >= 0.3 is 12.1 Å². The summed E-state index contributed by atoms with van der Waals surface area (Å²) in [6.45, 7) is 3.02. The minimum atomic E-state index is -4.95. The summed E-state index contributed by atoms with van der Waals surface area (Å²) in [5.74, 6) is -1.10. The van der Waals surface area contributed by atoms with Gasteiger partial charge < -0.3 is 9.84 Å². The molecule has 1 rings (SSSR count). The number of alkyl halides is 3. The molecule has 1 aromatic rings. The summed E-state index contributed by atoms with van der Waals surface area (Å²) in [5, 5.41) is 9.86. The highest BCUT2D eigenvalue weighted by molar-refractivity contribution is 5.71. The predicted molar refractivity (Wildman–Crippen MR) is 64.9 cm³/mol. The number of esters is 1. The Balaban J connectivity index is 3.01. The zero-order valence-electron chi connectivity index (χ0n) is 11.2. The topological polar surface area (TPSA) is 59.4 Å². The molecule has 1 N–H and O–H groups in total. The molecule has 1 unspecified atom stereocenters. The molecule has 0 aliphatic rings. The van der Waals surface area contributed by atoms with Crippen LogP contribution in [0.1, 0.15) is 24.6 Å². The lowest BCUT2D eigenvalue weighted by Gasteiger charge is -2.29. The maximum Gasteiger partial charge on any atom is 0.418 e. The van der Waals surface area contributed by atoms with Crippen molar-refractivity contribution >= 4 is 5.97 Å². The molecular weight excluding hydrogens is 275 g/mol. The Kier molecular flexibility index (Phi) is 5.10. The molecule has 0 amide bonds. The monoisotopic (exact) mass is 291 g/mol. The van der Waals surface area contributed by atoms with Gasteiger partial charge in [-0.3, -0.25) is 9.78 Å². The molecule has 0 aliphatic heterocycles. The average molecular weight is 291 g/mol. The van der Waals surface area contributed by atoms with Crippen LogP contribution in [0.5, 0.6) is 0 Å². The van der Waals surface area contributed by atoms with Crippen molar-refractivity contribution in [2.45, 2.75) is 38.5 Å². The number of rotatable bonds is 5. The summed E-state index contributed by atoms with van der Waals surface area (Å²) in [6.07, 6.45) is -5.56. The van der Waals surface area contributed by atoms with Crippen LogP contribution in [0, 0.1) is 6.92 Å². The molecule has 112 valence electrons. The number of hydrogen-bond donors (Lipinski definition) is 1. The number of aliphatic hydroxyl groups is 1. The van der Waals surface area contributed by atoms with Crippen LogP contribution >= 0.6 is 0 Å². The molecule has 0 radical (unpaired) electrons. The first-order valence-electron chi connectivity index (χ1n) is 6.05. The molecular formula is C13H16F3NO3. The molecule has 0 saturated carbocycles. The van der Waals surface area contributed by atoms with Gasteiger partial charge in [0.1, 0.15) is 0 Å². The molecule has 0 spiro atoms. The first kappa shape index (κ1) is 16.4. The summed E-state index contributed by atoms with van der Waals surface area (Å²) in [7, 11) is 0. The first-order valence-corrected chi connectivity index (χ1v) is 6.05. The van der Waals surface area contributed by atoms with Crippen molar-refractivity contribution in [1.29, 1.82) is 0 Å². The Morgan fingerprint density at radius 1 is 1.45 bits per heavy atom. The molecule has 0 bridgehead atoms. The molecule has 0 aliphatic carbocycles. The van der Waals surface area contributed by atoms with Gasteiger partial charge in [-0.05, 0) is 25.5 Å². The number of pyridine rings is 1. The third kappa shape index (κ3) is 3.93. The zero-order chi connectivity index (χ0) is 15.4. The number of carbonyl (C=O) groups excluding carboxylic acids is 1. The first-order chi connectivity index (χ1) is 9.19. The molecule has 0 aromatic carbocycles. The summed E-state index contributed by atoms with van der Waals surface area (Å²) < 4.78 is 43.6. The highest BCUT2D eigenvalue weighted by Gasteiger charge is 2.55. The van der Waals surface area contributed by atoms with Crippen molar-refractivity contribution in [3.8, 4) is 0 Å². The standard InChI is InChI=1S/C13H16F3NO3/c1-3-20-11(18)8-12(19,13(14,15)16)7-10-9(2)5-4-6-17-10/h4-6,19H,3,7-8H2,1-2H3. The van der Waals surface area contributed by atoms with Crippen LogP contribution in [-0.2, 0) is 16.0 Å². The molecule has 20 heavy (non-hydrogen) atoms. The maximum absolute atomic E-state index is 13.0. The molecule has 7 heteroatoms. The van der Waals surface area contributed by atoms with Gasteiger partial charge in [0.25, 0.3) is 0 Å². The van der Waals surface area contributed by atoms with Crippen LogP contribution in [0.15, 0.2) is 18.3 Å². The SMILES string of the molecule is CCOC(=O)CC(O)(Cc1ncccc1C)C(F)(F)F. The van der Waals surface area contributed by atoms with Crippen molar-refractivity contribution in [3.63, 3.8) is 0 Å². The van der Waals surface area contributed by atoms with Gasteiger partial charge in [-0.1, -0.05) is 6.07 Å². The summed E-state index contributed by atoms with van der Waals surface area (Å²) >= 11 is 0. The summed E-state index contributed by atoms with van der Waals surface area (Å²) in [4.78, 5) is 15.1. The third-order valence-electron chi connectivity index (χ3n) is 2.85. The van der Waals surface area contributed by atoms with E-state index in [-0.39, 0.29) is 12.3 Å². The van der Waals surface area contributed by atoms with E-state index in [0.717, 1.165) is 0 Å². The van der Waals surface area contributed by atoms with E-state index >= 15 is 0 Å². The Hall–Kier alpha value is -1.63. The Morgan fingerprint density at radius 3 is 2.60 bits per heavy atom. The maximum atomic E-state index is 13.0. The smallest absolute Gasteiger partial charge is 0.418 e. The van der Waals surface area contributed by atoms with E-state index in [1.807, 2.05) is 0 Å². The van der Waals surface area contributed by atoms with Gasteiger partial charge in [0.05, 0.1) is 13.0 Å². The van der Waals surface area contributed by atoms with Crippen molar-refractivity contribution in [2.75, 3.05) is 6.61 Å². The minimum absolute atomic E-state index is 0.0462. The highest BCUT2D eigenvalue weighted by atomic mass is 19.4. The second-order valence-electron chi connectivity index (χ2n) is 4.45. The number of aromatic nitrogens is 1. The van der Waals surface area contributed by atoms with E-state index in [1.54, 1.807) is 19.1 Å². The van der Waals surface area contributed by atoms with Crippen LogP contribution in [-0.4, -0.2) is 34.4 Å². The number of halogens is 3. The van der Waals surface area contributed by atoms with Gasteiger partial charge in [-0.15, -0.1) is 0 Å². The van der Waals surface area contributed by atoms with E-state index in [1.165, 1.54) is 13.1 Å². The van der Waals surface area contributed by atoms with Gasteiger partial charge in [-0.25, -0.2) is 0 Å². The van der Waals surface area contributed by atoms with E-state index in [9.17, 15) is 23.1 Å². The minimum Gasteiger partial charge on any atom is -0.466 e. The van der Waals surface area contributed by atoms with E-state index in [4.69, 9.17) is 0 Å². The van der Waals surface area contributed by atoms with Crippen LogP contribution in [0.4, 0.5) is 13.2 Å². The predicted octanol–water partition coefficient (Wildman–Crippen LogP) is 2.18.